The largest absolute Gasteiger partial charge is 0.325 e. The highest BCUT2D eigenvalue weighted by atomic mass is 32.2. The van der Waals surface area contributed by atoms with E-state index >= 15 is 0 Å². The predicted octanol–water partition coefficient (Wildman–Crippen LogP) is 3.57. The average molecular weight is 478 g/mol. The van der Waals surface area contributed by atoms with Crippen molar-refractivity contribution in [2.45, 2.75) is 62.5 Å². The summed E-state index contributed by atoms with van der Waals surface area (Å²) in [5.41, 5.74) is 0.575. The SMILES string of the molecule is CCn1c(SCC(=O)Nc2ccc(S(=O)(=O)N3CC(C)CC(C)C3)cc2)nnc1C1CC1. The Balaban J connectivity index is 1.35. The van der Waals surface area contributed by atoms with E-state index in [2.05, 4.69) is 40.9 Å². The van der Waals surface area contributed by atoms with Crippen molar-refractivity contribution < 1.29 is 13.2 Å². The molecule has 1 N–H and O–H groups in total. The monoisotopic (exact) mass is 477 g/mol. The number of hydrogen-bond donors (Lipinski definition) is 1. The minimum Gasteiger partial charge on any atom is -0.325 e. The van der Waals surface area contributed by atoms with Crippen LogP contribution < -0.4 is 5.32 Å². The minimum absolute atomic E-state index is 0.164. The maximum atomic E-state index is 13.0. The molecule has 1 saturated heterocycles. The van der Waals surface area contributed by atoms with Gasteiger partial charge in [0.25, 0.3) is 0 Å². The van der Waals surface area contributed by atoms with Crippen LogP contribution in [0.25, 0.3) is 0 Å². The van der Waals surface area contributed by atoms with Crippen molar-refractivity contribution in [2.24, 2.45) is 11.8 Å². The Kier molecular flexibility index (Phi) is 6.92. The van der Waals surface area contributed by atoms with Crippen molar-refractivity contribution in [2.75, 3.05) is 24.2 Å². The van der Waals surface area contributed by atoms with E-state index in [4.69, 9.17) is 0 Å². The zero-order valence-electron chi connectivity index (χ0n) is 18.8. The van der Waals surface area contributed by atoms with Crippen LogP contribution in [0.4, 0.5) is 5.69 Å². The lowest BCUT2D eigenvalue weighted by molar-refractivity contribution is -0.113. The first-order valence-electron chi connectivity index (χ1n) is 11.2. The molecule has 1 amide bonds. The smallest absolute Gasteiger partial charge is 0.243 e. The molecule has 2 heterocycles. The summed E-state index contributed by atoms with van der Waals surface area (Å²) in [5.74, 6) is 2.28. The second-order valence-electron chi connectivity index (χ2n) is 8.99. The second-order valence-corrected chi connectivity index (χ2v) is 11.9. The molecule has 1 saturated carbocycles. The summed E-state index contributed by atoms with van der Waals surface area (Å²) in [6.45, 7) is 8.11. The number of benzene rings is 1. The van der Waals surface area contributed by atoms with E-state index in [1.165, 1.54) is 11.8 Å². The molecular weight excluding hydrogens is 446 g/mol. The van der Waals surface area contributed by atoms with Crippen LogP contribution in [0.15, 0.2) is 34.3 Å². The van der Waals surface area contributed by atoms with Crippen LogP contribution in [0.3, 0.4) is 0 Å². The highest BCUT2D eigenvalue weighted by molar-refractivity contribution is 7.99. The van der Waals surface area contributed by atoms with E-state index in [1.54, 1.807) is 28.6 Å². The normalized spacial score (nSPS) is 22.1. The number of amides is 1. The highest BCUT2D eigenvalue weighted by Crippen LogP contribution is 2.40. The number of carbonyl (C=O) groups is 1. The quantitative estimate of drug-likeness (QED) is 0.584. The van der Waals surface area contributed by atoms with E-state index in [-0.39, 0.29) is 16.6 Å². The molecule has 10 heteroatoms. The summed E-state index contributed by atoms with van der Waals surface area (Å²) in [5, 5.41) is 12.1. The first-order chi connectivity index (χ1) is 15.3. The molecule has 2 aliphatic rings. The average Bonchev–Trinajstić information content (AvgIpc) is 3.51. The topological polar surface area (TPSA) is 97.2 Å². The van der Waals surface area contributed by atoms with Gasteiger partial charge in [0.15, 0.2) is 5.16 Å². The maximum Gasteiger partial charge on any atom is 0.243 e. The number of carbonyl (C=O) groups excluding carboxylic acids is 1. The highest BCUT2D eigenvalue weighted by Gasteiger charge is 2.32. The van der Waals surface area contributed by atoms with Crippen LogP contribution in [0, 0.1) is 11.8 Å². The van der Waals surface area contributed by atoms with Gasteiger partial charge in [0, 0.05) is 31.2 Å². The molecule has 2 fully saturated rings. The fourth-order valence-corrected chi connectivity index (χ4v) is 6.83. The number of aromatic nitrogens is 3. The Morgan fingerprint density at radius 3 is 2.38 bits per heavy atom. The molecule has 2 unspecified atom stereocenters. The molecule has 1 aliphatic carbocycles. The summed E-state index contributed by atoms with van der Waals surface area (Å²) in [6, 6.07) is 6.42. The van der Waals surface area contributed by atoms with Gasteiger partial charge >= 0.3 is 0 Å². The third-order valence-corrected chi connectivity index (χ3v) is 8.76. The van der Waals surface area contributed by atoms with Crippen LogP contribution in [-0.2, 0) is 21.4 Å². The molecule has 32 heavy (non-hydrogen) atoms. The van der Waals surface area contributed by atoms with Gasteiger partial charge in [0.2, 0.25) is 15.9 Å². The molecule has 1 aromatic carbocycles. The molecule has 1 aromatic heterocycles. The molecule has 1 aliphatic heterocycles. The van der Waals surface area contributed by atoms with Crippen molar-refractivity contribution in [3.63, 3.8) is 0 Å². The van der Waals surface area contributed by atoms with Gasteiger partial charge in [-0.2, -0.15) is 4.31 Å². The Hall–Kier alpha value is -1.91. The maximum absolute atomic E-state index is 13.0. The van der Waals surface area contributed by atoms with Crippen molar-refractivity contribution in [3.05, 3.63) is 30.1 Å². The molecule has 0 radical (unpaired) electrons. The van der Waals surface area contributed by atoms with Crippen LogP contribution in [0.1, 0.15) is 51.8 Å². The Labute approximate surface area is 194 Å². The van der Waals surface area contributed by atoms with Crippen molar-refractivity contribution in [1.82, 2.24) is 19.1 Å². The van der Waals surface area contributed by atoms with Crippen LogP contribution >= 0.6 is 11.8 Å². The lowest BCUT2D eigenvalue weighted by Crippen LogP contribution is -2.42. The van der Waals surface area contributed by atoms with Crippen molar-refractivity contribution in [1.29, 1.82) is 0 Å². The first kappa shape index (κ1) is 23.3. The van der Waals surface area contributed by atoms with Gasteiger partial charge < -0.3 is 9.88 Å². The summed E-state index contributed by atoms with van der Waals surface area (Å²) in [6.07, 6.45) is 3.36. The van der Waals surface area contributed by atoms with E-state index in [0.29, 0.717) is 36.5 Å². The van der Waals surface area contributed by atoms with Gasteiger partial charge in [-0.25, -0.2) is 8.42 Å². The number of hydrogen-bond acceptors (Lipinski definition) is 6. The van der Waals surface area contributed by atoms with Gasteiger partial charge in [-0.15, -0.1) is 10.2 Å². The number of anilines is 1. The lowest BCUT2D eigenvalue weighted by atomic mass is 9.94. The summed E-state index contributed by atoms with van der Waals surface area (Å²) < 4.78 is 29.7. The lowest BCUT2D eigenvalue weighted by Gasteiger charge is -2.34. The molecule has 174 valence electrons. The van der Waals surface area contributed by atoms with Gasteiger partial charge in [-0.3, -0.25) is 4.79 Å². The number of sulfonamides is 1. The van der Waals surface area contributed by atoms with E-state index in [9.17, 15) is 13.2 Å². The van der Waals surface area contributed by atoms with Crippen LogP contribution in [0.5, 0.6) is 0 Å². The Morgan fingerprint density at radius 1 is 1.12 bits per heavy atom. The molecule has 2 atom stereocenters. The van der Waals surface area contributed by atoms with E-state index in [0.717, 1.165) is 36.8 Å². The van der Waals surface area contributed by atoms with Gasteiger partial charge in [-0.1, -0.05) is 25.6 Å². The third-order valence-electron chi connectivity index (χ3n) is 5.95. The minimum atomic E-state index is -3.53. The number of nitrogens with zero attached hydrogens (tertiary/aromatic N) is 4. The standard InChI is InChI=1S/C22H31N5O3S2/c1-4-27-21(17-5-6-17)24-25-22(27)31-14-20(28)23-18-7-9-19(10-8-18)32(29,30)26-12-15(2)11-16(3)13-26/h7-10,15-17H,4-6,11-14H2,1-3H3,(H,23,28). The van der Waals surface area contributed by atoms with Crippen molar-refractivity contribution >= 4 is 33.4 Å². The number of nitrogens with one attached hydrogen (secondary N) is 1. The molecule has 4 rings (SSSR count). The summed E-state index contributed by atoms with van der Waals surface area (Å²) in [4.78, 5) is 12.7. The molecular formula is C22H31N5O3S2. The molecule has 0 spiro atoms. The predicted molar refractivity (Wildman–Crippen MR) is 125 cm³/mol. The number of thioether (sulfide) groups is 1. The number of rotatable bonds is 8. The third kappa shape index (κ3) is 5.18. The van der Waals surface area contributed by atoms with Gasteiger partial charge in [0.05, 0.1) is 10.6 Å². The molecule has 2 aromatic rings. The zero-order valence-corrected chi connectivity index (χ0v) is 20.5. The number of piperidine rings is 1. The molecule has 0 bridgehead atoms. The van der Waals surface area contributed by atoms with Crippen LogP contribution in [-0.4, -0.2) is 52.2 Å². The van der Waals surface area contributed by atoms with Gasteiger partial charge in [0.1, 0.15) is 5.82 Å². The van der Waals surface area contributed by atoms with Crippen molar-refractivity contribution in [3.8, 4) is 0 Å². The summed E-state index contributed by atoms with van der Waals surface area (Å²) >= 11 is 1.37. The fraction of sp³-hybridized carbons (Fsp3) is 0.591. The molecule has 8 nitrogen and oxygen atoms in total. The Morgan fingerprint density at radius 2 is 1.78 bits per heavy atom. The first-order valence-corrected chi connectivity index (χ1v) is 13.7. The zero-order chi connectivity index (χ0) is 22.9. The fourth-order valence-electron chi connectivity index (χ4n) is 4.34. The van der Waals surface area contributed by atoms with E-state index in [1.807, 2.05) is 0 Å². The second kappa shape index (κ2) is 9.52. The Bertz CT molecular complexity index is 1050. The van der Waals surface area contributed by atoms with Crippen LogP contribution in [0.2, 0.25) is 0 Å². The van der Waals surface area contributed by atoms with Gasteiger partial charge in [-0.05, 0) is 62.3 Å². The van der Waals surface area contributed by atoms with E-state index < -0.39 is 10.0 Å². The summed E-state index contributed by atoms with van der Waals surface area (Å²) in [7, 11) is -3.53.